The Hall–Kier alpha value is -2.84. The Kier molecular flexibility index (Phi) is 9.67. The second kappa shape index (κ2) is 13.7. The molecule has 1 aliphatic heterocycles. The van der Waals surface area contributed by atoms with Gasteiger partial charge in [0, 0.05) is 5.92 Å². The van der Waals surface area contributed by atoms with E-state index in [1.807, 2.05) is 38.1 Å². The highest BCUT2D eigenvalue weighted by atomic mass is 16.7. The molecule has 6 nitrogen and oxygen atoms in total. The molecule has 1 saturated heterocycles. The van der Waals surface area contributed by atoms with Gasteiger partial charge >= 0.3 is 0 Å². The standard InChI is InChI=1S/C38H46O6/c1-5-32-33(39)37(42-22-27-15-17-29-11-7-9-13-31(29)20-27)25(4)38(43-32)44-36-24(3)18-23(2)35(34(36)40)41-21-26-14-16-28-10-6-8-12-30(28)19-26/h6-17,19-20,23-25,32-40H,5,18,21-22H2,1-4H3. The molecule has 0 spiro atoms. The van der Waals surface area contributed by atoms with Crippen molar-refractivity contribution in [3.05, 3.63) is 96.1 Å². The van der Waals surface area contributed by atoms with Crippen LogP contribution in [0, 0.1) is 17.8 Å². The second-order valence-corrected chi connectivity index (χ2v) is 13.0. The van der Waals surface area contributed by atoms with Crippen LogP contribution in [0.25, 0.3) is 21.5 Å². The number of benzene rings is 4. The molecule has 234 valence electrons. The average molecular weight is 599 g/mol. The summed E-state index contributed by atoms with van der Waals surface area (Å²) in [4.78, 5) is 0. The summed E-state index contributed by atoms with van der Waals surface area (Å²) in [5.41, 5.74) is 2.13. The van der Waals surface area contributed by atoms with Gasteiger partial charge in [-0.1, -0.05) is 100 Å². The number of ether oxygens (including phenoxy) is 4. The monoisotopic (exact) mass is 598 g/mol. The third kappa shape index (κ3) is 6.57. The molecule has 6 rings (SSSR count). The SMILES string of the molecule is CCC1OC(OC2C(C)CC(C)C(OCc3ccc4ccccc4c3)C2O)C(C)C(OCc2ccc3ccccc3c2)C1O. The van der Waals surface area contributed by atoms with E-state index in [-0.39, 0.29) is 23.9 Å². The molecule has 0 bridgehead atoms. The zero-order valence-electron chi connectivity index (χ0n) is 26.2. The predicted octanol–water partition coefficient (Wildman–Crippen LogP) is 7.02. The average Bonchev–Trinajstić information content (AvgIpc) is 3.03. The number of hydrogen-bond acceptors (Lipinski definition) is 6. The van der Waals surface area contributed by atoms with Crippen LogP contribution in [0.4, 0.5) is 0 Å². The van der Waals surface area contributed by atoms with Crippen molar-refractivity contribution < 1.29 is 29.2 Å². The van der Waals surface area contributed by atoms with Gasteiger partial charge in [-0.3, -0.25) is 0 Å². The van der Waals surface area contributed by atoms with Crippen molar-refractivity contribution >= 4 is 21.5 Å². The van der Waals surface area contributed by atoms with E-state index in [1.165, 1.54) is 16.2 Å². The van der Waals surface area contributed by atoms with Gasteiger partial charge in [0.05, 0.1) is 37.6 Å². The Morgan fingerprint density at radius 2 is 1.18 bits per heavy atom. The van der Waals surface area contributed by atoms with Gasteiger partial charge in [-0.15, -0.1) is 0 Å². The largest absolute Gasteiger partial charge is 0.388 e. The molecule has 1 aliphatic carbocycles. The minimum Gasteiger partial charge on any atom is -0.388 e. The van der Waals surface area contributed by atoms with Crippen LogP contribution in [0.3, 0.4) is 0 Å². The van der Waals surface area contributed by atoms with E-state index in [9.17, 15) is 10.2 Å². The molecule has 4 aromatic rings. The Balaban J connectivity index is 1.13. The molecule has 44 heavy (non-hydrogen) atoms. The summed E-state index contributed by atoms with van der Waals surface area (Å²) in [5, 5.41) is 27.6. The number of aliphatic hydroxyl groups excluding tert-OH is 2. The molecule has 2 N–H and O–H groups in total. The summed E-state index contributed by atoms with van der Waals surface area (Å²) in [6.07, 6.45) is -2.44. The number of aliphatic hydroxyl groups is 2. The van der Waals surface area contributed by atoms with Crippen molar-refractivity contribution in [1.82, 2.24) is 0 Å². The van der Waals surface area contributed by atoms with E-state index in [4.69, 9.17) is 18.9 Å². The Morgan fingerprint density at radius 1 is 0.659 bits per heavy atom. The van der Waals surface area contributed by atoms with Crippen molar-refractivity contribution in [2.75, 3.05) is 0 Å². The summed E-state index contributed by atoms with van der Waals surface area (Å²) in [6.45, 7) is 9.06. The summed E-state index contributed by atoms with van der Waals surface area (Å²) in [5.74, 6) is 0.0393. The molecule has 2 fully saturated rings. The van der Waals surface area contributed by atoms with Gasteiger partial charge in [0.15, 0.2) is 6.29 Å². The lowest BCUT2D eigenvalue weighted by Gasteiger charge is -2.48. The third-order valence-corrected chi connectivity index (χ3v) is 9.72. The van der Waals surface area contributed by atoms with Gasteiger partial charge in [-0.2, -0.15) is 0 Å². The minimum absolute atomic E-state index is 0.111. The maximum atomic E-state index is 11.6. The molecule has 10 unspecified atom stereocenters. The van der Waals surface area contributed by atoms with E-state index in [1.54, 1.807) is 0 Å². The lowest BCUT2D eigenvalue weighted by Crippen LogP contribution is -2.58. The maximum Gasteiger partial charge on any atom is 0.163 e. The highest BCUT2D eigenvalue weighted by Gasteiger charge is 2.48. The number of hydrogen-bond donors (Lipinski definition) is 2. The zero-order valence-corrected chi connectivity index (χ0v) is 26.2. The van der Waals surface area contributed by atoms with Gasteiger partial charge in [0.1, 0.15) is 12.2 Å². The molecule has 2 aliphatic rings. The van der Waals surface area contributed by atoms with Crippen LogP contribution in [0.5, 0.6) is 0 Å². The molecule has 1 saturated carbocycles. The van der Waals surface area contributed by atoms with Crippen molar-refractivity contribution in [1.29, 1.82) is 0 Å². The van der Waals surface area contributed by atoms with Crippen molar-refractivity contribution in [2.45, 2.75) is 96.7 Å². The Morgan fingerprint density at radius 3 is 1.75 bits per heavy atom. The quantitative estimate of drug-likeness (QED) is 0.216. The van der Waals surface area contributed by atoms with Crippen LogP contribution in [-0.2, 0) is 32.2 Å². The molecular weight excluding hydrogens is 552 g/mol. The van der Waals surface area contributed by atoms with Gasteiger partial charge in [0.25, 0.3) is 0 Å². The number of rotatable bonds is 9. The molecule has 0 amide bonds. The van der Waals surface area contributed by atoms with Crippen LogP contribution in [0.2, 0.25) is 0 Å². The van der Waals surface area contributed by atoms with Gasteiger partial charge in [-0.25, -0.2) is 0 Å². The van der Waals surface area contributed by atoms with Gasteiger partial charge in [-0.05, 0) is 69.5 Å². The van der Waals surface area contributed by atoms with E-state index in [2.05, 4.69) is 74.5 Å². The van der Waals surface area contributed by atoms with Gasteiger partial charge < -0.3 is 29.2 Å². The molecule has 0 radical (unpaired) electrons. The Bertz CT molecular complexity index is 1540. The smallest absolute Gasteiger partial charge is 0.163 e. The summed E-state index contributed by atoms with van der Waals surface area (Å²) >= 11 is 0. The Labute approximate surface area is 260 Å². The van der Waals surface area contributed by atoms with Crippen molar-refractivity contribution in [3.63, 3.8) is 0 Å². The third-order valence-electron chi connectivity index (χ3n) is 9.72. The van der Waals surface area contributed by atoms with Crippen LogP contribution >= 0.6 is 0 Å². The van der Waals surface area contributed by atoms with Gasteiger partial charge in [0.2, 0.25) is 0 Å². The van der Waals surface area contributed by atoms with E-state index < -0.39 is 36.8 Å². The highest BCUT2D eigenvalue weighted by Crippen LogP contribution is 2.38. The fourth-order valence-electron chi connectivity index (χ4n) is 7.19. The first-order valence-electron chi connectivity index (χ1n) is 16.2. The normalized spacial score (nSPS) is 32.7. The summed E-state index contributed by atoms with van der Waals surface area (Å²) < 4.78 is 25.8. The summed E-state index contributed by atoms with van der Waals surface area (Å²) in [7, 11) is 0. The first-order chi connectivity index (χ1) is 21.3. The summed E-state index contributed by atoms with van der Waals surface area (Å²) in [6, 6.07) is 29.2. The molecule has 6 heteroatoms. The van der Waals surface area contributed by atoms with Crippen LogP contribution < -0.4 is 0 Å². The molecule has 10 atom stereocenters. The molecular formula is C38H46O6. The van der Waals surface area contributed by atoms with Crippen molar-refractivity contribution in [2.24, 2.45) is 17.8 Å². The minimum atomic E-state index is -0.811. The fraction of sp³-hybridized carbons (Fsp3) is 0.474. The fourth-order valence-corrected chi connectivity index (χ4v) is 7.19. The lowest BCUT2D eigenvalue weighted by atomic mass is 9.77. The first kappa shape index (κ1) is 31.2. The van der Waals surface area contributed by atoms with Crippen molar-refractivity contribution in [3.8, 4) is 0 Å². The first-order valence-corrected chi connectivity index (χ1v) is 16.2. The van der Waals surface area contributed by atoms with Crippen LogP contribution in [-0.4, -0.2) is 53.1 Å². The number of fused-ring (bicyclic) bond motifs is 2. The highest BCUT2D eigenvalue weighted by molar-refractivity contribution is 5.83. The van der Waals surface area contributed by atoms with Crippen LogP contribution in [0.15, 0.2) is 84.9 Å². The van der Waals surface area contributed by atoms with E-state index in [0.29, 0.717) is 19.6 Å². The zero-order chi connectivity index (χ0) is 30.8. The maximum absolute atomic E-state index is 11.6. The molecule has 0 aromatic heterocycles. The topological polar surface area (TPSA) is 77.4 Å². The predicted molar refractivity (Wildman–Crippen MR) is 173 cm³/mol. The van der Waals surface area contributed by atoms with E-state index in [0.717, 1.165) is 22.9 Å². The molecule has 1 heterocycles. The second-order valence-electron chi connectivity index (χ2n) is 13.0. The van der Waals surface area contributed by atoms with Crippen LogP contribution in [0.1, 0.15) is 51.7 Å². The lowest BCUT2D eigenvalue weighted by molar-refractivity contribution is -0.317. The molecule has 4 aromatic carbocycles. The van der Waals surface area contributed by atoms with E-state index >= 15 is 0 Å².